The number of hydrogen-bond donors (Lipinski definition) is 1. The van der Waals surface area contributed by atoms with Crippen LogP contribution in [0.2, 0.25) is 0 Å². The molecule has 1 aromatic rings. The van der Waals surface area contributed by atoms with Gasteiger partial charge in [0.25, 0.3) is 0 Å². The Bertz CT molecular complexity index is 207. The Morgan fingerprint density at radius 2 is 2.44 bits per heavy atom. The van der Waals surface area contributed by atoms with Crippen LogP contribution in [-0.2, 0) is 13.7 Å². The van der Waals surface area contributed by atoms with Gasteiger partial charge in [-0.1, -0.05) is 0 Å². The number of aryl methyl sites for hydroxylation is 1. The van der Waals surface area contributed by atoms with E-state index in [0.29, 0.717) is 5.69 Å². The smallest absolute Gasteiger partial charge is 0.141 e. The average molecular weight is 129 g/mol. The highest BCUT2D eigenvalue weighted by molar-refractivity contribution is 5.07. The molecule has 0 atom stereocenters. The highest BCUT2D eigenvalue weighted by atomic mass is 19.1. The zero-order valence-corrected chi connectivity index (χ0v) is 5.13. The standard InChI is InChI=1S/C6H8FNO/c1-8-3-5(7)2-6(8)4-9/h2-3,9H,4H2,1H3. The first-order valence-corrected chi connectivity index (χ1v) is 2.65. The summed E-state index contributed by atoms with van der Waals surface area (Å²) in [6.07, 6.45) is 1.32. The molecule has 1 N–H and O–H groups in total. The molecule has 50 valence electrons. The lowest BCUT2D eigenvalue weighted by atomic mass is 10.4. The van der Waals surface area contributed by atoms with Crippen LogP contribution >= 0.6 is 0 Å². The summed E-state index contributed by atoms with van der Waals surface area (Å²) in [5.74, 6) is -0.304. The molecule has 1 aromatic heterocycles. The topological polar surface area (TPSA) is 25.2 Å². The molecule has 0 unspecified atom stereocenters. The number of aliphatic hydroxyl groups excluding tert-OH is 1. The molecular weight excluding hydrogens is 121 g/mol. The molecule has 0 aliphatic carbocycles. The molecule has 0 bridgehead atoms. The molecule has 0 fully saturated rings. The summed E-state index contributed by atoms with van der Waals surface area (Å²) >= 11 is 0. The fraction of sp³-hybridized carbons (Fsp3) is 0.333. The first-order chi connectivity index (χ1) is 4.24. The van der Waals surface area contributed by atoms with Crippen molar-refractivity contribution in [3.05, 3.63) is 23.8 Å². The van der Waals surface area contributed by atoms with Crippen LogP contribution in [0, 0.1) is 5.82 Å². The fourth-order valence-corrected chi connectivity index (χ4v) is 0.723. The molecular formula is C6H8FNO. The van der Waals surface area contributed by atoms with E-state index in [0.717, 1.165) is 0 Å². The summed E-state index contributed by atoms with van der Waals surface area (Å²) in [7, 11) is 1.69. The minimum Gasteiger partial charge on any atom is -0.390 e. The van der Waals surface area contributed by atoms with Crippen molar-refractivity contribution in [3.8, 4) is 0 Å². The van der Waals surface area contributed by atoms with Gasteiger partial charge in [0.2, 0.25) is 0 Å². The number of halogens is 1. The van der Waals surface area contributed by atoms with Gasteiger partial charge in [0, 0.05) is 18.9 Å². The summed E-state index contributed by atoms with van der Waals surface area (Å²) in [6.45, 7) is -0.111. The van der Waals surface area contributed by atoms with E-state index in [4.69, 9.17) is 5.11 Å². The molecule has 0 amide bonds. The van der Waals surface area contributed by atoms with Gasteiger partial charge in [-0.3, -0.25) is 0 Å². The van der Waals surface area contributed by atoms with Crippen LogP contribution in [0.5, 0.6) is 0 Å². The Labute approximate surface area is 52.5 Å². The van der Waals surface area contributed by atoms with Crippen molar-refractivity contribution < 1.29 is 9.50 Å². The summed E-state index contributed by atoms with van der Waals surface area (Å²) in [5.41, 5.74) is 0.590. The average Bonchev–Trinajstić information content (AvgIpc) is 2.10. The first kappa shape index (κ1) is 6.29. The molecule has 1 rings (SSSR count). The van der Waals surface area contributed by atoms with Gasteiger partial charge in [-0.2, -0.15) is 0 Å². The van der Waals surface area contributed by atoms with Gasteiger partial charge in [0.05, 0.1) is 6.61 Å². The third-order valence-electron chi connectivity index (χ3n) is 1.24. The maximum Gasteiger partial charge on any atom is 0.141 e. The van der Waals surface area contributed by atoms with Crippen LogP contribution < -0.4 is 0 Å². The Hall–Kier alpha value is -0.830. The van der Waals surface area contributed by atoms with Gasteiger partial charge in [0.1, 0.15) is 5.82 Å². The maximum atomic E-state index is 12.2. The van der Waals surface area contributed by atoms with Gasteiger partial charge in [-0.25, -0.2) is 4.39 Å². The van der Waals surface area contributed by atoms with Gasteiger partial charge >= 0.3 is 0 Å². The molecule has 1 heterocycles. The minimum absolute atomic E-state index is 0.111. The van der Waals surface area contributed by atoms with Gasteiger partial charge < -0.3 is 9.67 Å². The van der Waals surface area contributed by atoms with Crippen LogP contribution in [0.25, 0.3) is 0 Å². The summed E-state index contributed by atoms with van der Waals surface area (Å²) < 4.78 is 13.8. The second kappa shape index (κ2) is 2.19. The van der Waals surface area contributed by atoms with E-state index in [9.17, 15) is 4.39 Å². The molecule has 0 aliphatic heterocycles. The molecule has 0 saturated heterocycles. The second-order valence-electron chi connectivity index (χ2n) is 1.92. The summed E-state index contributed by atoms with van der Waals surface area (Å²) in [6, 6.07) is 1.31. The predicted molar refractivity (Wildman–Crippen MR) is 31.3 cm³/mol. The quantitative estimate of drug-likeness (QED) is 0.592. The van der Waals surface area contributed by atoms with E-state index in [1.165, 1.54) is 12.3 Å². The zero-order chi connectivity index (χ0) is 6.85. The third-order valence-corrected chi connectivity index (χ3v) is 1.24. The monoisotopic (exact) mass is 129 g/mol. The van der Waals surface area contributed by atoms with E-state index >= 15 is 0 Å². The van der Waals surface area contributed by atoms with Gasteiger partial charge in [0.15, 0.2) is 0 Å². The summed E-state index contributed by atoms with van der Waals surface area (Å²) in [4.78, 5) is 0. The molecule has 2 nitrogen and oxygen atoms in total. The van der Waals surface area contributed by atoms with Crippen molar-refractivity contribution in [1.82, 2.24) is 4.57 Å². The number of aromatic nitrogens is 1. The Balaban J connectivity index is 3.01. The lowest BCUT2D eigenvalue weighted by molar-refractivity contribution is 0.272. The molecule has 0 saturated carbocycles. The van der Waals surface area contributed by atoms with E-state index in [1.807, 2.05) is 0 Å². The normalized spacial score (nSPS) is 10.1. The largest absolute Gasteiger partial charge is 0.390 e. The molecule has 0 radical (unpaired) electrons. The number of hydrogen-bond acceptors (Lipinski definition) is 1. The van der Waals surface area contributed by atoms with Crippen LogP contribution in [-0.4, -0.2) is 9.67 Å². The van der Waals surface area contributed by atoms with Crippen molar-refractivity contribution >= 4 is 0 Å². The van der Waals surface area contributed by atoms with Gasteiger partial charge in [-0.15, -0.1) is 0 Å². The Morgan fingerprint density at radius 3 is 2.67 bits per heavy atom. The molecule has 0 aliphatic rings. The van der Waals surface area contributed by atoms with Crippen molar-refractivity contribution in [3.63, 3.8) is 0 Å². The van der Waals surface area contributed by atoms with Crippen molar-refractivity contribution in [2.75, 3.05) is 0 Å². The van der Waals surface area contributed by atoms with Crippen LogP contribution in [0.4, 0.5) is 4.39 Å². The molecule has 0 spiro atoms. The predicted octanol–water partition coefficient (Wildman–Crippen LogP) is 0.657. The minimum atomic E-state index is -0.304. The van der Waals surface area contributed by atoms with Crippen LogP contribution in [0.15, 0.2) is 12.3 Å². The molecule has 0 aromatic carbocycles. The highest BCUT2D eigenvalue weighted by Gasteiger charge is 1.98. The SMILES string of the molecule is Cn1cc(F)cc1CO. The number of aliphatic hydroxyl groups is 1. The Morgan fingerprint density at radius 1 is 1.78 bits per heavy atom. The van der Waals surface area contributed by atoms with Crippen molar-refractivity contribution in [1.29, 1.82) is 0 Å². The molecule has 3 heteroatoms. The van der Waals surface area contributed by atoms with E-state index in [1.54, 1.807) is 11.6 Å². The zero-order valence-electron chi connectivity index (χ0n) is 5.13. The molecule has 9 heavy (non-hydrogen) atoms. The van der Waals surface area contributed by atoms with E-state index < -0.39 is 0 Å². The van der Waals surface area contributed by atoms with Crippen molar-refractivity contribution in [2.45, 2.75) is 6.61 Å². The highest BCUT2D eigenvalue weighted by Crippen LogP contribution is 2.03. The van der Waals surface area contributed by atoms with Crippen LogP contribution in [0.1, 0.15) is 5.69 Å². The van der Waals surface area contributed by atoms with Crippen LogP contribution in [0.3, 0.4) is 0 Å². The fourth-order valence-electron chi connectivity index (χ4n) is 0.723. The lowest BCUT2D eigenvalue weighted by Gasteiger charge is -1.93. The van der Waals surface area contributed by atoms with Gasteiger partial charge in [-0.05, 0) is 6.07 Å². The maximum absolute atomic E-state index is 12.2. The number of rotatable bonds is 1. The van der Waals surface area contributed by atoms with E-state index in [2.05, 4.69) is 0 Å². The van der Waals surface area contributed by atoms with E-state index in [-0.39, 0.29) is 12.4 Å². The van der Waals surface area contributed by atoms with Crippen molar-refractivity contribution in [2.24, 2.45) is 7.05 Å². The summed E-state index contributed by atoms with van der Waals surface area (Å²) in [5, 5.41) is 8.54. The first-order valence-electron chi connectivity index (χ1n) is 2.65. The number of nitrogens with zero attached hydrogens (tertiary/aromatic N) is 1. The second-order valence-corrected chi connectivity index (χ2v) is 1.92. The third kappa shape index (κ3) is 1.10. The Kier molecular flexibility index (Phi) is 1.53. The lowest BCUT2D eigenvalue weighted by Crippen LogP contribution is -1.92.